The molecule has 0 amide bonds. The van der Waals surface area contributed by atoms with Crippen LogP contribution >= 0.6 is 8.25 Å². The number of hydrogen-bond donors (Lipinski definition) is 2. The van der Waals surface area contributed by atoms with Gasteiger partial charge in [0.25, 0.3) is 0 Å². The van der Waals surface area contributed by atoms with Crippen molar-refractivity contribution in [1.82, 2.24) is 0 Å². The SMILES string of the molecule is O=[P+](O)O.[CH2-]C.[Na+].[Na+]. The van der Waals surface area contributed by atoms with E-state index in [1.807, 2.05) is 0 Å². The molecule has 0 saturated carbocycles. The largest absolute Gasteiger partial charge is 1.00 e. The molecule has 0 heterocycles. The van der Waals surface area contributed by atoms with Gasteiger partial charge in [-0.15, -0.1) is 9.79 Å². The van der Waals surface area contributed by atoms with Gasteiger partial charge in [-0.05, 0) is 0 Å². The zero-order valence-electron chi connectivity index (χ0n) is 5.46. The van der Waals surface area contributed by atoms with Crippen LogP contribution in [0, 0.1) is 6.92 Å². The van der Waals surface area contributed by atoms with E-state index in [2.05, 4.69) is 6.92 Å². The minimum absolute atomic E-state index is 0. The zero-order valence-corrected chi connectivity index (χ0v) is 10.4. The Bertz CT molecular complexity index is 38.3. The number of rotatable bonds is 0. The summed E-state index contributed by atoms with van der Waals surface area (Å²) in [4.78, 5) is 14.2. The van der Waals surface area contributed by atoms with Gasteiger partial charge in [0.15, 0.2) is 0 Å². The van der Waals surface area contributed by atoms with Crippen molar-refractivity contribution in [2.75, 3.05) is 0 Å². The van der Waals surface area contributed by atoms with E-state index >= 15 is 0 Å². The Morgan fingerprint density at radius 2 is 1.25 bits per heavy atom. The van der Waals surface area contributed by atoms with Crippen LogP contribution < -0.4 is 59.1 Å². The van der Waals surface area contributed by atoms with Crippen molar-refractivity contribution < 1.29 is 73.5 Å². The minimum atomic E-state index is -2.87. The zero-order chi connectivity index (χ0) is 5.58. The first-order valence-corrected chi connectivity index (χ1v) is 2.45. The van der Waals surface area contributed by atoms with E-state index < -0.39 is 8.25 Å². The Kier molecular flexibility index (Phi) is 64.7. The predicted molar refractivity (Wildman–Crippen MR) is 23.1 cm³/mol. The Labute approximate surface area is 94.4 Å². The van der Waals surface area contributed by atoms with Crippen LogP contribution in [0.3, 0.4) is 0 Å². The summed E-state index contributed by atoms with van der Waals surface area (Å²) in [6.07, 6.45) is 0. The van der Waals surface area contributed by atoms with Crippen molar-refractivity contribution in [3.05, 3.63) is 6.92 Å². The normalized spacial score (nSPS) is 4.00. The topological polar surface area (TPSA) is 57.5 Å². The van der Waals surface area contributed by atoms with Crippen molar-refractivity contribution >= 4 is 8.25 Å². The Morgan fingerprint density at radius 1 is 1.25 bits per heavy atom. The molecule has 8 heavy (non-hydrogen) atoms. The molecule has 0 rings (SSSR count). The molecule has 0 saturated heterocycles. The minimum Gasteiger partial charge on any atom is -0.346 e. The monoisotopic (exact) mass is 156 g/mol. The van der Waals surface area contributed by atoms with Crippen molar-refractivity contribution in [2.24, 2.45) is 0 Å². The molecule has 0 bridgehead atoms. The van der Waals surface area contributed by atoms with E-state index in [9.17, 15) is 0 Å². The van der Waals surface area contributed by atoms with Gasteiger partial charge in [0.1, 0.15) is 0 Å². The molecule has 0 atom stereocenters. The van der Waals surface area contributed by atoms with Crippen LogP contribution in [0.5, 0.6) is 0 Å². The molecule has 0 aliphatic carbocycles. The third-order valence-corrected chi connectivity index (χ3v) is 0. The first-order chi connectivity index (χ1) is 2.73. The summed E-state index contributed by atoms with van der Waals surface area (Å²) in [7, 11) is -2.87. The summed E-state index contributed by atoms with van der Waals surface area (Å²) in [5, 5.41) is 0. The molecular weight excluding hydrogens is 149 g/mol. The maximum absolute atomic E-state index is 8.70. The van der Waals surface area contributed by atoms with Crippen LogP contribution in [0.1, 0.15) is 6.92 Å². The average Bonchev–Trinajstić information content (AvgIpc) is 1.41. The molecule has 0 fully saturated rings. The van der Waals surface area contributed by atoms with Crippen molar-refractivity contribution in [1.29, 1.82) is 0 Å². The van der Waals surface area contributed by atoms with E-state index in [0.717, 1.165) is 0 Å². The maximum atomic E-state index is 8.70. The third-order valence-electron chi connectivity index (χ3n) is 0. The van der Waals surface area contributed by atoms with E-state index in [4.69, 9.17) is 14.4 Å². The Hall–Kier alpha value is 2.02. The van der Waals surface area contributed by atoms with Gasteiger partial charge in [-0.1, -0.05) is 0 Å². The summed E-state index contributed by atoms with van der Waals surface area (Å²) in [5.41, 5.74) is 0. The standard InChI is InChI=1S/C2H5.2Na.HO3P/c1-2;;;1-4(2)3/h1H2,2H3;;;(H-,1,2,3)/q-1;2*+1;/p+1. The molecule has 0 aliphatic rings. The van der Waals surface area contributed by atoms with E-state index in [-0.39, 0.29) is 59.1 Å². The van der Waals surface area contributed by atoms with Gasteiger partial charge >= 0.3 is 67.4 Å². The van der Waals surface area contributed by atoms with Crippen molar-refractivity contribution in [3.63, 3.8) is 0 Å². The molecule has 3 nitrogen and oxygen atoms in total. The molecule has 0 aromatic rings. The van der Waals surface area contributed by atoms with Gasteiger partial charge in [0.05, 0.1) is 0 Å². The number of hydrogen-bond acceptors (Lipinski definition) is 1. The molecule has 0 spiro atoms. The maximum Gasteiger partial charge on any atom is 1.00 e. The van der Waals surface area contributed by atoms with Gasteiger partial charge < -0.3 is 6.92 Å². The van der Waals surface area contributed by atoms with Crippen LogP contribution in [0.4, 0.5) is 0 Å². The second kappa shape index (κ2) is 23.0. The third kappa shape index (κ3) is 96.9. The molecule has 2 N–H and O–H groups in total. The molecule has 0 unspecified atom stereocenters. The fraction of sp³-hybridized carbons (Fsp3) is 0.500. The second-order valence-electron chi connectivity index (χ2n) is 0.253. The molecule has 0 aromatic heterocycles. The van der Waals surface area contributed by atoms with E-state index in [1.54, 1.807) is 6.92 Å². The first-order valence-electron chi connectivity index (χ1n) is 1.29. The van der Waals surface area contributed by atoms with Crippen LogP contribution in [-0.4, -0.2) is 9.79 Å². The smallest absolute Gasteiger partial charge is 0.346 e. The van der Waals surface area contributed by atoms with Gasteiger partial charge in [0.2, 0.25) is 0 Å². The van der Waals surface area contributed by atoms with Gasteiger partial charge in [-0.3, -0.25) is 0 Å². The molecule has 0 aliphatic heterocycles. The van der Waals surface area contributed by atoms with E-state index in [1.165, 1.54) is 0 Å². The van der Waals surface area contributed by atoms with Gasteiger partial charge in [0, 0.05) is 4.57 Å². The first kappa shape index (κ1) is 22.5. The Morgan fingerprint density at radius 3 is 1.25 bits per heavy atom. The molecule has 38 valence electrons. The average molecular weight is 156 g/mol. The van der Waals surface area contributed by atoms with Gasteiger partial charge in [-0.25, -0.2) is 0 Å². The van der Waals surface area contributed by atoms with Crippen molar-refractivity contribution in [3.8, 4) is 0 Å². The predicted octanol–water partition coefficient (Wildman–Crippen LogP) is -5.52. The van der Waals surface area contributed by atoms with Crippen LogP contribution in [0.15, 0.2) is 0 Å². The van der Waals surface area contributed by atoms with E-state index in [0.29, 0.717) is 0 Å². The summed E-state index contributed by atoms with van der Waals surface area (Å²) < 4.78 is 8.70. The molecule has 6 heteroatoms. The summed E-state index contributed by atoms with van der Waals surface area (Å²) in [5.74, 6) is 0. The van der Waals surface area contributed by atoms with Crippen LogP contribution in [0.25, 0.3) is 0 Å². The van der Waals surface area contributed by atoms with Crippen molar-refractivity contribution in [2.45, 2.75) is 6.92 Å². The van der Waals surface area contributed by atoms with Crippen LogP contribution in [-0.2, 0) is 4.57 Å². The van der Waals surface area contributed by atoms with Gasteiger partial charge in [-0.2, -0.15) is 6.92 Å². The molecular formula is C2H7Na2O3P+2. The van der Waals surface area contributed by atoms with Crippen LogP contribution in [0.2, 0.25) is 0 Å². The molecule has 0 aromatic carbocycles. The Balaban J connectivity index is -0.0000000183. The quantitative estimate of drug-likeness (QED) is 0.209. The summed E-state index contributed by atoms with van der Waals surface area (Å²) in [6.45, 7) is 5.00. The summed E-state index contributed by atoms with van der Waals surface area (Å²) >= 11 is 0. The fourth-order valence-electron chi connectivity index (χ4n) is 0. The fourth-order valence-corrected chi connectivity index (χ4v) is 0. The second-order valence-corrected chi connectivity index (χ2v) is 0.758. The molecule has 0 radical (unpaired) electrons. The summed E-state index contributed by atoms with van der Waals surface area (Å²) in [6, 6.07) is 0.